The van der Waals surface area contributed by atoms with Gasteiger partial charge in [-0.25, -0.2) is 4.39 Å². The van der Waals surface area contributed by atoms with Gasteiger partial charge in [0.2, 0.25) is 11.4 Å². The fourth-order valence-electron chi connectivity index (χ4n) is 3.36. The monoisotopic (exact) mass is 471 g/mol. The zero-order valence-corrected chi connectivity index (χ0v) is 19.6. The minimum Gasteiger partial charge on any atom is -0.462 e. The standard InChI is InChI=1S/C24H26FN3O4S/c1-4-5-14-28(22(29)18-8-6-7-9-19(18)25)23-27-26-21(33-23)16-10-12-17(13-11-16)31-20-15-30-24(2,3)32-20/h6-13,20H,4-5,14-15H2,1-3H3/t20-/m1/s1. The Bertz CT molecular complexity index is 1100. The van der Waals surface area contributed by atoms with Gasteiger partial charge < -0.3 is 14.2 Å². The zero-order chi connectivity index (χ0) is 23.4. The van der Waals surface area contributed by atoms with E-state index in [1.54, 1.807) is 12.1 Å². The van der Waals surface area contributed by atoms with Crippen LogP contribution in [0.5, 0.6) is 5.75 Å². The molecule has 1 saturated heterocycles. The van der Waals surface area contributed by atoms with Gasteiger partial charge in [0.25, 0.3) is 5.91 Å². The van der Waals surface area contributed by atoms with Crippen LogP contribution in [0, 0.1) is 5.82 Å². The van der Waals surface area contributed by atoms with Gasteiger partial charge in [0.15, 0.2) is 5.79 Å². The Morgan fingerprint density at radius 1 is 1.21 bits per heavy atom. The lowest BCUT2D eigenvalue weighted by atomic mass is 10.2. The van der Waals surface area contributed by atoms with Crippen LogP contribution in [0.1, 0.15) is 44.0 Å². The summed E-state index contributed by atoms with van der Waals surface area (Å²) in [5, 5.41) is 9.58. The van der Waals surface area contributed by atoms with E-state index in [1.807, 2.05) is 45.0 Å². The van der Waals surface area contributed by atoms with Crippen molar-refractivity contribution in [3.63, 3.8) is 0 Å². The third kappa shape index (κ3) is 5.55. The fraction of sp³-hybridized carbons (Fsp3) is 0.375. The van der Waals surface area contributed by atoms with Crippen LogP contribution in [-0.2, 0) is 9.47 Å². The van der Waals surface area contributed by atoms with Crippen LogP contribution in [0.3, 0.4) is 0 Å². The summed E-state index contributed by atoms with van der Waals surface area (Å²) < 4.78 is 31.2. The SMILES string of the molecule is CCCCN(C(=O)c1ccccc1F)c1nnc(-c2ccc(O[C@H]3COC(C)(C)O3)cc2)s1. The summed E-state index contributed by atoms with van der Waals surface area (Å²) >= 11 is 1.29. The molecule has 1 aromatic heterocycles. The number of aromatic nitrogens is 2. The second kappa shape index (κ2) is 9.94. The number of ether oxygens (including phenoxy) is 3. The Hall–Kier alpha value is -2.88. The molecule has 2 aromatic carbocycles. The molecule has 7 nitrogen and oxygen atoms in total. The van der Waals surface area contributed by atoms with Gasteiger partial charge in [-0.1, -0.05) is 36.8 Å². The Balaban J connectivity index is 1.50. The fourth-order valence-corrected chi connectivity index (χ4v) is 4.24. The van der Waals surface area contributed by atoms with E-state index in [0.29, 0.717) is 29.0 Å². The molecule has 2 heterocycles. The van der Waals surface area contributed by atoms with E-state index in [0.717, 1.165) is 18.4 Å². The third-order valence-corrected chi connectivity index (χ3v) is 6.08. The van der Waals surface area contributed by atoms with E-state index in [4.69, 9.17) is 14.2 Å². The molecule has 1 aliphatic rings. The predicted octanol–water partition coefficient (Wildman–Crippen LogP) is 5.28. The quantitative estimate of drug-likeness (QED) is 0.445. The molecule has 0 spiro atoms. The number of amides is 1. The number of halogens is 1. The van der Waals surface area contributed by atoms with Gasteiger partial charge in [-0.2, -0.15) is 0 Å². The molecule has 1 atom stereocenters. The van der Waals surface area contributed by atoms with Crippen molar-refractivity contribution >= 4 is 22.4 Å². The second-order valence-electron chi connectivity index (χ2n) is 8.08. The van der Waals surface area contributed by atoms with Crippen molar-refractivity contribution in [3.05, 3.63) is 59.9 Å². The number of rotatable bonds is 8. The van der Waals surface area contributed by atoms with E-state index >= 15 is 0 Å². The summed E-state index contributed by atoms with van der Waals surface area (Å²) in [5.41, 5.74) is 0.858. The van der Waals surface area contributed by atoms with Crippen LogP contribution in [0.15, 0.2) is 48.5 Å². The highest BCUT2D eigenvalue weighted by Crippen LogP contribution is 2.32. The Kier molecular flexibility index (Phi) is 7.02. The third-order valence-electron chi connectivity index (χ3n) is 5.08. The summed E-state index contributed by atoms with van der Waals surface area (Å²) in [7, 11) is 0. The Morgan fingerprint density at radius 2 is 1.97 bits per heavy atom. The number of hydrogen-bond donors (Lipinski definition) is 0. The molecule has 0 N–H and O–H groups in total. The number of benzene rings is 2. The van der Waals surface area contributed by atoms with Crippen molar-refractivity contribution in [1.82, 2.24) is 10.2 Å². The zero-order valence-electron chi connectivity index (χ0n) is 18.8. The van der Waals surface area contributed by atoms with Gasteiger partial charge in [0.05, 0.1) is 5.56 Å². The lowest BCUT2D eigenvalue weighted by molar-refractivity contribution is -0.167. The van der Waals surface area contributed by atoms with Gasteiger partial charge in [-0.05, 0) is 56.7 Å². The molecular weight excluding hydrogens is 445 g/mol. The van der Waals surface area contributed by atoms with E-state index in [-0.39, 0.29) is 5.56 Å². The highest BCUT2D eigenvalue weighted by molar-refractivity contribution is 7.18. The van der Waals surface area contributed by atoms with E-state index < -0.39 is 23.8 Å². The van der Waals surface area contributed by atoms with Gasteiger partial charge in [0.1, 0.15) is 23.2 Å². The number of anilines is 1. The molecule has 9 heteroatoms. The van der Waals surface area contributed by atoms with Crippen LogP contribution in [0.25, 0.3) is 10.6 Å². The van der Waals surface area contributed by atoms with Gasteiger partial charge in [0, 0.05) is 12.1 Å². The van der Waals surface area contributed by atoms with Crippen molar-refractivity contribution in [3.8, 4) is 16.3 Å². The van der Waals surface area contributed by atoms with Crippen LogP contribution in [0.2, 0.25) is 0 Å². The van der Waals surface area contributed by atoms with Crippen molar-refractivity contribution in [2.75, 3.05) is 18.1 Å². The summed E-state index contributed by atoms with van der Waals surface area (Å²) in [6, 6.07) is 13.4. The lowest BCUT2D eigenvalue weighted by Crippen LogP contribution is -2.32. The van der Waals surface area contributed by atoms with E-state index in [2.05, 4.69) is 10.2 Å². The largest absolute Gasteiger partial charge is 0.462 e. The number of unbranched alkanes of at least 4 members (excludes halogenated alkanes) is 1. The molecule has 0 saturated carbocycles. The average Bonchev–Trinajstić information content (AvgIpc) is 3.41. The molecule has 0 bridgehead atoms. The van der Waals surface area contributed by atoms with Gasteiger partial charge in [-0.15, -0.1) is 10.2 Å². The van der Waals surface area contributed by atoms with Crippen LogP contribution in [0.4, 0.5) is 9.52 Å². The first-order valence-corrected chi connectivity index (χ1v) is 11.7. The number of hydrogen-bond acceptors (Lipinski definition) is 7. The molecule has 174 valence electrons. The maximum Gasteiger partial charge on any atom is 0.263 e. The topological polar surface area (TPSA) is 73.8 Å². The van der Waals surface area contributed by atoms with Gasteiger partial charge in [-0.3, -0.25) is 9.69 Å². The van der Waals surface area contributed by atoms with Crippen LogP contribution < -0.4 is 9.64 Å². The smallest absolute Gasteiger partial charge is 0.263 e. The summed E-state index contributed by atoms with van der Waals surface area (Å²) in [4.78, 5) is 14.6. The normalized spacial score (nSPS) is 17.2. The first-order chi connectivity index (χ1) is 15.9. The molecule has 4 rings (SSSR count). The van der Waals surface area contributed by atoms with Crippen molar-refractivity contribution < 1.29 is 23.4 Å². The molecule has 3 aromatic rings. The molecule has 0 aliphatic carbocycles. The predicted molar refractivity (Wildman–Crippen MR) is 124 cm³/mol. The molecule has 0 radical (unpaired) electrons. The Morgan fingerprint density at radius 3 is 2.64 bits per heavy atom. The first kappa shape index (κ1) is 23.3. The Labute approximate surface area is 196 Å². The maximum absolute atomic E-state index is 14.2. The summed E-state index contributed by atoms with van der Waals surface area (Å²) in [5.74, 6) is -0.981. The minimum atomic E-state index is -0.655. The molecule has 0 unspecified atom stereocenters. The number of carbonyl (C=O) groups is 1. The second-order valence-corrected chi connectivity index (χ2v) is 9.04. The first-order valence-electron chi connectivity index (χ1n) is 10.8. The molecular formula is C24H26FN3O4S. The molecule has 1 aliphatic heterocycles. The van der Waals surface area contributed by atoms with Crippen molar-refractivity contribution in [2.24, 2.45) is 0 Å². The van der Waals surface area contributed by atoms with Crippen LogP contribution in [-0.4, -0.2) is 41.3 Å². The van der Waals surface area contributed by atoms with E-state index in [1.165, 1.54) is 28.4 Å². The number of nitrogens with zero attached hydrogens (tertiary/aromatic N) is 3. The number of carbonyl (C=O) groups excluding carboxylic acids is 1. The lowest BCUT2D eigenvalue weighted by Gasteiger charge is -2.19. The molecule has 1 fully saturated rings. The minimum absolute atomic E-state index is 0.0214. The van der Waals surface area contributed by atoms with Gasteiger partial charge >= 0.3 is 0 Å². The average molecular weight is 472 g/mol. The highest BCUT2D eigenvalue weighted by atomic mass is 32.1. The molecule has 33 heavy (non-hydrogen) atoms. The summed E-state index contributed by atoms with van der Waals surface area (Å²) in [6.45, 7) is 6.51. The molecule has 1 amide bonds. The van der Waals surface area contributed by atoms with Crippen molar-refractivity contribution in [2.45, 2.75) is 45.7 Å². The summed E-state index contributed by atoms with van der Waals surface area (Å²) in [6.07, 6.45) is 1.20. The van der Waals surface area contributed by atoms with Crippen molar-refractivity contribution in [1.29, 1.82) is 0 Å². The maximum atomic E-state index is 14.2. The highest BCUT2D eigenvalue weighted by Gasteiger charge is 2.34. The van der Waals surface area contributed by atoms with E-state index in [9.17, 15) is 9.18 Å². The van der Waals surface area contributed by atoms with Crippen LogP contribution >= 0.6 is 11.3 Å².